The van der Waals surface area contributed by atoms with Crippen LogP contribution in [0, 0.1) is 0 Å². The number of hydrogen-bond donors (Lipinski definition) is 1. The molecular weight excluding hydrogens is 444 g/mol. The number of halogens is 1. The highest BCUT2D eigenvalue weighted by Crippen LogP contribution is 2.39. The van der Waals surface area contributed by atoms with Gasteiger partial charge in [-0.1, -0.05) is 48.0 Å². The summed E-state index contributed by atoms with van der Waals surface area (Å²) in [7, 11) is 1.64. The van der Waals surface area contributed by atoms with Gasteiger partial charge in [-0.25, -0.2) is 0 Å². The topological polar surface area (TPSA) is 58.6 Å². The summed E-state index contributed by atoms with van der Waals surface area (Å²) in [5.41, 5.74) is 4.30. The van der Waals surface area contributed by atoms with Crippen molar-refractivity contribution >= 4 is 40.9 Å². The summed E-state index contributed by atoms with van der Waals surface area (Å²) >= 11 is 7.57. The molecule has 1 saturated heterocycles. The second-order valence-electron chi connectivity index (χ2n) is 7.52. The van der Waals surface area contributed by atoms with Gasteiger partial charge in [-0.2, -0.15) is 0 Å². The molecule has 1 aliphatic rings. The van der Waals surface area contributed by atoms with Crippen LogP contribution < -0.4 is 5.32 Å². The fourth-order valence-electron chi connectivity index (χ4n) is 3.60. The van der Waals surface area contributed by atoms with E-state index in [4.69, 9.17) is 16.3 Å². The monoisotopic (exact) mass is 466 g/mol. The van der Waals surface area contributed by atoms with Crippen LogP contribution in [0.3, 0.4) is 0 Å². The van der Waals surface area contributed by atoms with E-state index >= 15 is 0 Å². The van der Waals surface area contributed by atoms with Gasteiger partial charge in [0.2, 0.25) is 5.91 Å². The third kappa shape index (κ3) is 5.33. The highest BCUT2D eigenvalue weighted by atomic mass is 35.5. The van der Waals surface area contributed by atoms with E-state index in [0.29, 0.717) is 29.5 Å². The second kappa shape index (κ2) is 10.2. The van der Waals surface area contributed by atoms with Crippen molar-refractivity contribution in [1.82, 2.24) is 4.90 Å². The lowest BCUT2D eigenvalue weighted by atomic mass is 10.1. The molecule has 7 heteroatoms. The van der Waals surface area contributed by atoms with Gasteiger partial charge in [-0.15, -0.1) is 11.8 Å². The third-order valence-corrected chi connectivity index (χ3v) is 6.70. The number of rotatable bonds is 7. The molecule has 0 bridgehead atoms. The Labute approximate surface area is 196 Å². The van der Waals surface area contributed by atoms with Crippen molar-refractivity contribution in [3.63, 3.8) is 0 Å². The van der Waals surface area contributed by atoms with Crippen LogP contribution >= 0.6 is 23.4 Å². The minimum atomic E-state index is -0.181. The van der Waals surface area contributed by atoms with Gasteiger partial charge in [0, 0.05) is 29.9 Å². The number of amides is 2. The third-order valence-electron chi connectivity index (χ3n) is 5.19. The van der Waals surface area contributed by atoms with Gasteiger partial charge in [-0.05, 0) is 53.1 Å². The summed E-state index contributed by atoms with van der Waals surface area (Å²) in [6.07, 6.45) is 0. The first kappa shape index (κ1) is 22.4. The Morgan fingerprint density at radius 2 is 1.84 bits per heavy atom. The summed E-state index contributed by atoms with van der Waals surface area (Å²) in [5.74, 6) is 0.366. The quantitative estimate of drug-likeness (QED) is 0.498. The SMILES string of the molecule is COCc1cccc(NC(=O)c2ccc([C@@H]3SCC(=O)N3Cc3ccc(Cl)cc3)cc2)c1. The van der Waals surface area contributed by atoms with E-state index in [0.717, 1.165) is 22.4 Å². The Morgan fingerprint density at radius 1 is 1.09 bits per heavy atom. The molecule has 1 fully saturated rings. The first-order valence-corrected chi connectivity index (χ1v) is 11.6. The molecule has 2 amide bonds. The van der Waals surface area contributed by atoms with E-state index in [2.05, 4.69) is 5.32 Å². The number of benzene rings is 3. The van der Waals surface area contributed by atoms with E-state index in [9.17, 15) is 9.59 Å². The first-order chi connectivity index (χ1) is 15.5. The predicted octanol–water partition coefficient (Wildman–Crippen LogP) is 5.51. The highest BCUT2D eigenvalue weighted by molar-refractivity contribution is 8.00. The van der Waals surface area contributed by atoms with E-state index in [-0.39, 0.29) is 17.2 Å². The normalized spacial score (nSPS) is 15.8. The Kier molecular flexibility index (Phi) is 7.15. The number of carbonyl (C=O) groups excluding carboxylic acids is 2. The number of nitrogens with one attached hydrogen (secondary N) is 1. The molecule has 1 atom stereocenters. The summed E-state index contributed by atoms with van der Waals surface area (Å²) in [4.78, 5) is 27.0. The van der Waals surface area contributed by atoms with Gasteiger partial charge >= 0.3 is 0 Å². The van der Waals surface area contributed by atoms with Gasteiger partial charge < -0.3 is 15.0 Å². The van der Waals surface area contributed by atoms with Crippen molar-refractivity contribution in [1.29, 1.82) is 0 Å². The molecule has 0 spiro atoms. The molecule has 5 nitrogen and oxygen atoms in total. The Balaban J connectivity index is 1.45. The van der Waals surface area contributed by atoms with Crippen LogP contribution in [0.5, 0.6) is 0 Å². The van der Waals surface area contributed by atoms with Crippen molar-refractivity contribution in [2.24, 2.45) is 0 Å². The lowest BCUT2D eigenvalue weighted by molar-refractivity contribution is -0.128. The lowest BCUT2D eigenvalue weighted by Gasteiger charge is -2.24. The minimum absolute atomic E-state index is 0.0824. The van der Waals surface area contributed by atoms with Gasteiger partial charge in [0.05, 0.1) is 12.4 Å². The molecule has 0 aliphatic carbocycles. The first-order valence-electron chi connectivity index (χ1n) is 10.2. The average Bonchev–Trinajstić information content (AvgIpc) is 3.16. The largest absolute Gasteiger partial charge is 0.380 e. The van der Waals surface area contributed by atoms with Gasteiger partial charge in [0.15, 0.2) is 0 Å². The zero-order chi connectivity index (χ0) is 22.5. The van der Waals surface area contributed by atoms with Crippen LogP contribution in [0.25, 0.3) is 0 Å². The highest BCUT2D eigenvalue weighted by Gasteiger charge is 2.32. The van der Waals surface area contributed by atoms with Crippen molar-refractivity contribution in [3.8, 4) is 0 Å². The Morgan fingerprint density at radius 3 is 2.56 bits per heavy atom. The zero-order valence-corrected chi connectivity index (χ0v) is 19.2. The molecule has 32 heavy (non-hydrogen) atoms. The van der Waals surface area contributed by atoms with Crippen LogP contribution in [-0.4, -0.2) is 29.6 Å². The molecule has 3 aromatic carbocycles. The molecule has 1 aliphatic heterocycles. The van der Waals surface area contributed by atoms with Crippen molar-refractivity contribution < 1.29 is 14.3 Å². The van der Waals surface area contributed by atoms with Crippen LogP contribution in [-0.2, 0) is 22.7 Å². The molecule has 3 aromatic rings. The van der Waals surface area contributed by atoms with E-state index in [1.807, 2.05) is 65.6 Å². The van der Waals surface area contributed by atoms with Crippen LogP contribution in [0.15, 0.2) is 72.8 Å². The molecule has 1 heterocycles. The van der Waals surface area contributed by atoms with E-state index < -0.39 is 0 Å². The number of anilines is 1. The Bertz CT molecular complexity index is 1100. The fraction of sp³-hybridized carbons (Fsp3) is 0.200. The van der Waals surface area contributed by atoms with Crippen molar-refractivity contribution in [2.45, 2.75) is 18.5 Å². The predicted molar refractivity (Wildman–Crippen MR) is 129 cm³/mol. The molecule has 0 aromatic heterocycles. The van der Waals surface area contributed by atoms with Gasteiger partial charge in [-0.3, -0.25) is 9.59 Å². The summed E-state index contributed by atoms with van der Waals surface area (Å²) in [6.45, 7) is 1.01. The Hall–Kier alpha value is -2.80. The maximum absolute atomic E-state index is 12.7. The molecule has 0 unspecified atom stereocenters. The number of methoxy groups -OCH3 is 1. The smallest absolute Gasteiger partial charge is 0.255 e. The average molecular weight is 467 g/mol. The molecule has 4 rings (SSSR count). The van der Waals surface area contributed by atoms with Crippen LogP contribution in [0.4, 0.5) is 5.69 Å². The zero-order valence-electron chi connectivity index (χ0n) is 17.6. The maximum Gasteiger partial charge on any atom is 0.255 e. The van der Waals surface area contributed by atoms with Crippen LogP contribution in [0.2, 0.25) is 5.02 Å². The van der Waals surface area contributed by atoms with Gasteiger partial charge in [0.1, 0.15) is 5.37 Å². The summed E-state index contributed by atoms with van der Waals surface area (Å²) in [5, 5.41) is 3.51. The molecular formula is C25H23ClN2O3S. The molecule has 0 saturated carbocycles. The van der Waals surface area contributed by atoms with E-state index in [1.165, 1.54) is 0 Å². The number of hydrogen-bond acceptors (Lipinski definition) is 4. The second-order valence-corrected chi connectivity index (χ2v) is 9.03. The van der Waals surface area contributed by atoms with Crippen molar-refractivity contribution in [3.05, 3.63) is 100 Å². The number of nitrogens with zero attached hydrogens (tertiary/aromatic N) is 1. The maximum atomic E-state index is 12.7. The standard InChI is InChI=1S/C25H23ClN2O3S/c1-31-15-18-3-2-4-22(13-18)27-24(30)19-7-9-20(10-8-19)25-28(23(29)16-32-25)14-17-5-11-21(26)12-6-17/h2-13,25H,14-16H2,1H3,(H,27,30)/t25-/m0/s1. The number of ether oxygens (including phenoxy) is 1. The number of thioether (sulfide) groups is 1. The van der Waals surface area contributed by atoms with Crippen LogP contribution in [0.1, 0.15) is 32.4 Å². The minimum Gasteiger partial charge on any atom is -0.380 e. The van der Waals surface area contributed by atoms with E-state index in [1.54, 1.807) is 31.0 Å². The molecule has 0 radical (unpaired) electrons. The van der Waals surface area contributed by atoms with Gasteiger partial charge in [0.25, 0.3) is 5.91 Å². The lowest BCUT2D eigenvalue weighted by Crippen LogP contribution is -2.27. The van der Waals surface area contributed by atoms with Crippen molar-refractivity contribution in [2.75, 3.05) is 18.2 Å². The summed E-state index contributed by atoms with van der Waals surface area (Å²) < 4.78 is 5.14. The fourth-order valence-corrected chi connectivity index (χ4v) is 4.91. The molecule has 164 valence electrons. The number of carbonyl (C=O) groups is 2. The summed E-state index contributed by atoms with van der Waals surface area (Å²) in [6, 6.07) is 22.5. The molecule has 1 N–H and O–H groups in total.